The van der Waals surface area contributed by atoms with Crippen LogP contribution in [0.1, 0.15) is 53.4 Å². The van der Waals surface area contributed by atoms with Crippen molar-refractivity contribution in [1.82, 2.24) is 0 Å². The van der Waals surface area contributed by atoms with E-state index < -0.39 is 18.4 Å². The van der Waals surface area contributed by atoms with Crippen LogP contribution >= 0.6 is 0 Å². The molecule has 0 atom stereocenters. The molecule has 0 amide bonds. The van der Waals surface area contributed by atoms with Gasteiger partial charge in [0.2, 0.25) is 0 Å². The summed E-state index contributed by atoms with van der Waals surface area (Å²) in [5, 5.41) is 0. The van der Waals surface area contributed by atoms with Crippen LogP contribution in [0.25, 0.3) is 0 Å². The first-order valence-corrected chi connectivity index (χ1v) is 13.0. The van der Waals surface area contributed by atoms with Crippen LogP contribution in [0.3, 0.4) is 0 Å². The Balaban J connectivity index is 4.67. The minimum absolute atomic E-state index is 1.28. The van der Waals surface area contributed by atoms with Crippen LogP contribution in [0, 0.1) is 19.7 Å². The van der Waals surface area contributed by atoms with Gasteiger partial charge in [0.15, 0.2) is 0 Å². The van der Waals surface area contributed by atoms with Gasteiger partial charge in [-0.2, -0.15) is 0 Å². The van der Waals surface area contributed by atoms with Gasteiger partial charge in [-0.1, -0.05) is 0 Å². The van der Waals surface area contributed by atoms with Crippen LogP contribution in [0.4, 0.5) is 0 Å². The summed E-state index contributed by atoms with van der Waals surface area (Å²) < 4.78 is 9.79. The Kier molecular flexibility index (Phi) is 9.12. The van der Waals surface area contributed by atoms with Crippen LogP contribution < -0.4 is 0 Å². The van der Waals surface area contributed by atoms with Crippen molar-refractivity contribution >= 4 is 18.4 Å². The molecule has 0 bridgehead atoms. The Morgan fingerprint density at radius 2 is 1.20 bits per heavy atom. The fraction of sp³-hybridized carbons (Fsp3) is 0.714. The molecule has 0 saturated heterocycles. The van der Waals surface area contributed by atoms with Gasteiger partial charge in [0, 0.05) is 0 Å². The normalized spacial score (nSPS) is 9.87. The zero-order valence-corrected chi connectivity index (χ0v) is 13.6. The predicted molar refractivity (Wildman–Crippen MR) is 72.1 cm³/mol. The van der Waals surface area contributed by atoms with Gasteiger partial charge < -0.3 is 0 Å². The molecule has 0 aliphatic heterocycles. The SMILES string of the molecule is CC#[C][Sn]([C]#CC)([CH2]CCC)[CH2]CCC. The van der Waals surface area contributed by atoms with E-state index in [-0.39, 0.29) is 0 Å². The van der Waals surface area contributed by atoms with Crippen LogP contribution in [0.5, 0.6) is 0 Å². The van der Waals surface area contributed by atoms with Crippen molar-refractivity contribution in [1.29, 1.82) is 0 Å². The average molecular weight is 311 g/mol. The van der Waals surface area contributed by atoms with Crippen LogP contribution in [-0.2, 0) is 0 Å². The van der Waals surface area contributed by atoms with Gasteiger partial charge in [0.1, 0.15) is 0 Å². The van der Waals surface area contributed by atoms with E-state index in [9.17, 15) is 0 Å². The van der Waals surface area contributed by atoms with E-state index in [0.29, 0.717) is 0 Å². The predicted octanol–water partition coefficient (Wildman–Crippen LogP) is 4.16. The summed E-state index contributed by atoms with van der Waals surface area (Å²) in [5.74, 6) is 6.30. The molecule has 84 valence electrons. The van der Waals surface area contributed by atoms with E-state index in [2.05, 4.69) is 33.6 Å². The molecule has 0 aliphatic rings. The molecule has 0 unspecified atom stereocenters. The molecule has 0 aromatic carbocycles. The summed E-state index contributed by atoms with van der Waals surface area (Å²) in [6.07, 6.45) is 5.20. The van der Waals surface area contributed by atoms with Gasteiger partial charge in [-0.05, 0) is 0 Å². The Labute approximate surface area is 100 Å². The van der Waals surface area contributed by atoms with Crippen LogP contribution in [-0.4, -0.2) is 18.4 Å². The number of hydrogen-bond acceptors (Lipinski definition) is 0. The topological polar surface area (TPSA) is 0 Å². The first-order valence-electron chi connectivity index (χ1n) is 6.12. The molecule has 0 rings (SSSR count). The fourth-order valence-electron chi connectivity index (χ4n) is 1.84. The van der Waals surface area contributed by atoms with Crippen LogP contribution in [0.15, 0.2) is 0 Å². The molecule has 0 saturated carbocycles. The number of rotatable bonds is 6. The third-order valence-electron chi connectivity index (χ3n) is 2.64. The second kappa shape index (κ2) is 9.17. The molecule has 0 aromatic rings. The Morgan fingerprint density at radius 1 is 0.800 bits per heavy atom. The van der Waals surface area contributed by atoms with E-state index in [1.165, 1.54) is 34.6 Å². The summed E-state index contributed by atoms with van der Waals surface area (Å²) in [7, 11) is 0. The minimum atomic E-state index is -2.35. The molecule has 0 radical (unpaired) electrons. The van der Waals surface area contributed by atoms with Crippen molar-refractivity contribution in [3.63, 3.8) is 0 Å². The standard InChI is InChI=1S/2C4H9.2C3H3.Sn/c2*1-3-4-2;2*1-3-2;/h2*1,3-4H2,2H3;2*1H3;. The fourth-order valence-corrected chi connectivity index (χ4v) is 12.4. The van der Waals surface area contributed by atoms with Gasteiger partial charge >= 0.3 is 100 Å². The summed E-state index contributed by atoms with van der Waals surface area (Å²) >= 11 is -2.35. The van der Waals surface area contributed by atoms with E-state index in [0.717, 1.165) is 0 Å². The zero-order chi connectivity index (χ0) is 11.6. The Hall–Kier alpha value is -0.0813. The third-order valence-corrected chi connectivity index (χ3v) is 13.7. The van der Waals surface area contributed by atoms with Gasteiger partial charge in [-0.25, -0.2) is 0 Å². The summed E-state index contributed by atoms with van der Waals surface area (Å²) in [6.45, 7) is 8.46. The quantitative estimate of drug-likeness (QED) is 0.510. The number of hydrogen-bond donors (Lipinski definition) is 0. The molecule has 0 nitrogen and oxygen atoms in total. The summed E-state index contributed by atoms with van der Waals surface area (Å²) in [5.41, 5.74) is 0. The third kappa shape index (κ3) is 6.16. The van der Waals surface area contributed by atoms with Crippen molar-refractivity contribution in [3.8, 4) is 19.7 Å². The molecule has 0 fully saturated rings. The van der Waals surface area contributed by atoms with Crippen molar-refractivity contribution in [2.45, 2.75) is 62.3 Å². The van der Waals surface area contributed by atoms with E-state index in [4.69, 9.17) is 0 Å². The van der Waals surface area contributed by atoms with Gasteiger partial charge in [0.05, 0.1) is 0 Å². The number of unbranched alkanes of at least 4 members (excludes halogenated alkanes) is 2. The molecule has 0 spiro atoms. The molecule has 0 heterocycles. The van der Waals surface area contributed by atoms with Crippen LogP contribution in [0.2, 0.25) is 8.87 Å². The molecule has 1 heteroatoms. The van der Waals surface area contributed by atoms with Gasteiger partial charge in [-0.15, -0.1) is 0 Å². The monoisotopic (exact) mass is 312 g/mol. The maximum atomic E-state index is 3.55. The molecular formula is C14H24Sn. The Morgan fingerprint density at radius 3 is 1.47 bits per heavy atom. The van der Waals surface area contributed by atoms with Crippen molar-refractivity contribution < 1.29 is 0 Å². The van der Waals surface area contributed by atoms with E-state index in [1.54, 1.807) is 0 Å². The first kappa shape index (κ1) is 14.9. The molecule has 0 aromatic heterocycles. The Bertz CT molecular complexity index is 239. The molecule has 0 aliphatic carbocycles. The van der Waals surface area contributed by atoms with Crippen molar-refractivity contribution in [2.75, 3.05) is 0 Å². The summed E-state index contributed by atoms with van der Waals surface area (Å²) in [4.78, 5) is 0. The maximum absolute atomic E-state index is 3.55. The molecule has 0 N–H and O–H groups in total. The summed E-state index contributed by atoms with van der Waals surface area (Å²) in [6, 6.07) is 0. The molecular weight excluding hydrogens is 287 g/mol. The second-order valence-electron chi connectivity index (χ2n) is 4.04. The van der Waals surface area contributed by atoms with E-state index >= 15 is 0 Å². The van der Waals surface area contributed by atoms with Crippen molar-refractivity contribution in [3.05, 3.63) is 0 Å². The first-order chi connectivity index (χ1) is 7.24. The van der Waals surface area contributed by atoms with Gasteiger partial charge in [0.25, 0.3) is 0 Å². The van der Waals surface area contributed by atoms with Crippen molar-refractivity contribution in [2.24, 2.45) is 0 Å². The second-order valence-corrected chi connectivity index (χ2v) is 14.5. The molecule has 15 heavy (non-hydrogen) atoms. The van der Waals surface area contributed by atoms with Gasteiger partial charge in [-0.3, -0.25) is 0 Å². The average Bonchev–Trinajstić information content (AvgIpc) is 2.24. The van der Waals surface area contributed by atoms with E-state index in [1.807, 2.05) is 13.8 Å². The zero-order valence-electron chi connectivity index (χ0n) is 10.7.